The second-order valence-corrected chi connectivity index (χ2v) is 2.55. The van der Waals surface area contributed by atoms with Gasteiger partial charge in [-0.2, -0.15) is 0 Å². The van der Waals surface area contributed by atoms with Crippen LogP contribution < -0.4 is 0 Å². The Morgan fingerprint density at radius 1 is 1.40 bits per heavy atom. The summed E-state index contributed by atoms with van der Waals surface area (Å²) in [6.07, 6.45) is 0. The van der Waals surface area contributed by atoms with E-state index in [0.29, 0.717) is 0 Å². The van der Waals surface area contributed by atoms with Gasteiger partial charge in [-0.25, -0.2) is 0 Å². The van der Waals surface area contributed by atoms with Gasteiger partial charge in [0, 0.05) is 0 Å². The molecule has 48 valence electrons. The highest BCUT2D eigenvalue weighted by atomic mass is 32.1. The second-order valence-electron chi connectivity index (χ2n) is 1.60. The first-order valence-electron chi connectivity index (χ1n) is 2.90. The standard InChI is InChI=1S/C9H6S/c1-2-3-4-6-9-7-5-8-10-9/h5,7-8H,1H3. The third-order valence-electron chi connectivity index (χ3n) is 0.894. The lowest BCUT2D eigenvalue weighted by molar-refractivity contribution is 1.91. The van der Waals surface area contributed by atoms with Gasteiger partial charge < -0.3 is 0 Å². The van der Waals surface area contributed by atoms with Gasteiger partial charge in [0.1, 0.15) is 0 Å². The molecule has 1 heteroatoms. The molecule has 0 aliphatic rings. The molecule has 0 bridgehead atoms. The van der Waals surface area contributed by atoms with Crippen molar-refractivity contribution in [3.05, 3.63) is 22.4 Å². The van der Waals surface area contributed by atoms with E-state index < -0.39 is 0 Å². The van der Waals surface area contributed by atoms with Crippen molar-refractivity contribution in [1.29, 1.82) is 0 Å². The first-order valence-corrected chi connectivity index (χ1v) is 3.77. The Morgan fingerprint density at radius 2 is 2.30 bits per heavy atom. The Kier molecular flexibility index (Phi) is 2.62. The van der Waals surface area contributed by atoms with E-state index in [2.05, 4.69) is 23.7 Å². The minimum absolute atomic E-state index is 1.07. The maximum Gasteiger partial charge on any atom is 0.0778 e. The van der Waals surface area contributed by atoms with E-state index in [1.165, 1.54) is 0 Å². The van der Waals surface area contributed by atoms with Crippen LogP contribution in [0.1, 0.15) is 11.8 Å². The molecular formula is C9H6S. The lowest BCUT2D eigenvalue weighted by Crippen LogP contribution is -1.56. The third kappa shape index (κ3) is 1.97. The first-order chi connectivity index (χ1) is 4.93. The van der Waals surface area contributed by atoms with E-state index in [0.717, 1.165) is 4.88 Å². The van der Waals surface area contributed by atoms with E-state index >= 15 is 0 Å². The fraction of sp³-hybridized carbons (Fsp3) is 0.111. The van der Waals surface area contributed by atoms with Gasteiger partial charge in [-0.3, -0.25) is 0 Å². The van der Waals surface area contributed by atoms with Gasteiger partial charge in [0.25, 0.3) is 0 Å². The summed E-state index contributed by atoms with van der Waals surface area (Å²) in [5.41, 5.74) is 0. The average molecular weight is 146 g/mol. The molecule has 0 atom stereocenters. The van der Waals surface area contributed by atoms with Crippen LogP contribution in [0, 0.1) is 23.7 Å². The van der Waals surface area contributed by atoms with E-state index in [9.17, 15) is 0 Å². The summed E-state index contributed by atoms with van der Waals surface area (Å²) in [5.74, 6) is 11.1. The van der Waals surface area contributed by atoms with Crippen LogP contribution in [0.2, 0.25) is 0 Å². The Hall–Kier alpha value is -1.18. The Morgan fingerprint density at radius 3 is 2.90 bits per heavy atom. The molecule has 0 aliphatic carbocycles. The molecule has 1 aromatic rings. The number of rotatable bonds is 0. The summed E-state index contributed by atoms with van der Waals surface area (Å²) in [4.78, 5) is 1.07. The fourth-order valence-corrected chi connectivity index (χ4v) is 1.08. The average Bonchev–Trinajstić information content (AvgIpc) is 2.41. The molecule has 1 rings (SSSR count). The van der Waals surface area contributed by atoms with Crippen molar-refractivity contribution in [2.45, 2.75) is 6.92 Å². The maximum absolute atomic E-state index is 2.92. The topological polar surface area (TPSA) is 0 Å². The van der Waals surface area contributed by atoms with Crippen LogP contribution in [0.5, 0.6) is 0 Å². The summed E-state index contributed by atoms with van der Waals surface area (Å²) >= 11 is 1.63. The van der Waals surface area contributed by atoms with E-state index in [-0.39, 0.29) is 0 Å². The van der Waals surface area contributed by atoms with Crippen LogP contribution in [-0.4, -0.2) is 0 Å². The number of hydrogen-bond donors (Lipinski definition) is 0. The first kappa shape index (κ1) is 6.93. The van der Waals surface area contributed by atoms with Gasteiger partial charge >= 0.3 is 0 Å². The minimum atomic E-state index is 1.07. The molecule has 0 aliphatic heterocycles. The zero-order chi connectivity index (χ0) is 7.23. The highest BCUT2D eigenvalue weighted by Gasteiger charge is 1.81. The van der Waals surface area contributed by atoms with Crippen LogP contribution in [0.3, 0.4) is 0 Å². The quantitative estimate of drug-likeness (QED) is 0.492. The molecule has 1 heterocycles. The van der Waals surface area contributed by atoms with Crippen LogP contribution in [0.4, 0.5) is 0 Å². The molecule has 0 nitrogen and oxygen atoms in total. The molecule has 0 fully saturated rings. The predicted octanol–water partition coefficient (Wildman–Crippen LogP) is 2.12. The third-order valence-corrected chi connectivity index (χ3v) is 1.68. The summed E-state index contributed by atoms with van der Waals surface area (Å²) < 4.78 is 0. The number of hydrogen-bond acceptors (Lipinski definition) is 1. The molecule has 0 unspecified atom stereocenters. The lowest BCUT2D eigenvalue weighted by Gasteiger charge is -1.69. The van der Waals surface area contributed by atoms with E-state index in [4.69, 9.17) is 0 Å². The monoisotopic (exact) mass is 146 g/mol. The van der Waals surface area contributed by atoms with Crippen molar-refractivity contribution in [1.82, 2.24) is 0 Å². The highest BCUT2D eigenvalue weighted by Crippen LogP contribution is 2.04. The normalized spacial score (nSPS) is 6.90. The lowest BCUT2D eigenvalue weighted by atomic mass is 10.4. The molecule has 0 amide bonds. The molecule has 0 aromatic carbocycles. The van der Waals surface area contributed by atoms with E-state index in [1.807, 2.05) is 17.5 Å². The molecule has 0 spiro atoms. The molecule has 10 heavy (non-hydrogen) atoms. The SMILES string of the molecule is CC#CC#Cc1cccs1. The summed E-state index contributed by atoms with van der Waals surface area (Å²) in [6.45, 7) is 1.78. The molecule has 0 radical (unpaired) electrons. The van der Waals surface area contributed by atoms with Gasteiger partial charge in [0.15, 0.2) is 0 Å². The fourth-order valence-electron chi connectivity index (χ4n) is 0.505. The molecule has 0 saturated carbocycles. The van der Waals surface area contributed by atoms with Crippen molar-refractivity contribution in [2.24, 2.45) is 0 Å². The summed E-state index contributed by atoms with van der Waals surface area (Å²) in [6, 6.07) is 3.96. The Bertz CT molecular complexity index is 298. The summed E-state index contributed by atoms with van der Waals surface area (Å²) in [7, 11) is 0. The highest BCUT2D eigenvalue weighted by molar-refractivity contribution is 7.10. The van der Waals surface area contributed by atoms with Crippen LogP contribution in [-0.2, 0) is 0 Å². The van der Waals surface area contributed by atoms with Crippen molar-refractivity contribution < 1.29 is 0 Å². The van der Waals surface area contributed by atoms with Gasteiger partial charge in [-0.05, 0) is 36.1 Å². The zero-order valence-electron chi connectivity index (χ0n) is 5.64. The zero-order valence-corrected chi connectivity index (χ0v) is 6.46. The van der Waals surface area contributed by atoms with Gasteiger partial charge in [0.05, 0.1) is 4.88 Å². The second kappa shape index (κ2) is 3.77. The maximum atomic E-state index is 2.92. The van der Waals surface area contributed by atoms with E-state index in [1.54, 1.807) is 18.3 Å². The molecule has 1 aromatic heterocycles. The predicted molar refractivity (Wildman–Crippen MR) is 44.6 cm³/mol. The van der Waals surface area contributed by atoms with Gasteiger partial charge in [-0.1, -0.05) is 12.0 Å². The molecule has 0 saturated heterocycles. The Balaban J connectivity index is 2.72. The van der Waals surface area contributed by atoms with Gasteiger partial charge in [0.2, 0.25) is 0 Å². The molecular weight excluding hydrogens is 140 g/mol. The minimum Gasteiger partial charge on any atom is -0.135 e. The number of thiophene rings is 1. The summed E-state index contributed by atoms with van der Waals surface area (Å²) in [5, 5.41) is 2.00. The van der Waals surface area contributed by atoms with Crippen molar-refractivity contribution in [2.75, 3.05) is 0 Å². The smallest absolute Gasteiger partial charge is 0.0778 e. The van der Waals surface area contributed by atoms with Crippen LogP contribution >= 0.6 is 11.3 Å². The largest absolute Gasteiger partial charge is 0.135 e. The molecule has 0 N–H and O–H groups in total. The van der Waals surface area contributed by atoms with Crippen molar-refractivity contribution >= 4 is 11.3 Å². The Labute approximate surface area is 64.9 Å². The van der Waals surface area contributed by atoms with Crippen molar-refractivity contribution in [3.8, 4) is 23.7 Å². The van der Waals surface area contributed by atoms with Crippen molar-refractivity contribution in [3.63, 3.8) is 0 Å². The van der Waals surface area contributed by atoms with Crippen LogP contribution in [0.25, 0.3) is 0 Å². The van der Waals surface area contributed by atoms with Gasteiger partial charge in [-0.15, -0.1) is 11.3 Å². The van der Waals surface area contributed by atoms with Crippen LogP contribution in [0.15, 0.2) is 17.5 Å².